The van der Waals surface area contributed by atoms with Gasteiger partial charge in [-0.2, -0.15) is 0 Å². The fourth-order valence-electron chi connectivity index (χ4n) is 2.40. The average molecular weight is 415 g/mol. The van der Waals surface area contributed by atoms with Crippen LogP contribution < -0.4 is 0 Å². The van der Waals surface area contributed by atoms with Crippen LogP contribution in [0.25, 0.3) is 34.2 Å². The summed E-state index contributed by atoms with van der Waals surface area (Å²) in [5.41, 5.74) is 0. The molecule has 0 aliphatic rings. The molecule has 0 bridgehead atoms. The van der Waals surface area contributed by atoms with Gasteiger partial charge in [-0.3, -0.25) is 0 Å². The smallest absolute Gasteiger partial charge is 0.0449 e. The van der Waals surface area contributed by atoms with Crippen molar-refractivity contribution in [2.75, 3.05) is 0 Å². The second kappa shape index (κ2) is 7.48. The molecule has 0 spiro atoms. The third-order valence-corrected chi connectivity index (χ3v) is 9.14. The molecule has 0 atom stereocenters. The van der Waals surface area contributed by atoms with Crippen LogP contribution in [0.4, 0.5) is 0 Å². The van der Waals surface area contributed by atoms with E-state index in [9.17, 15) is 0 Å². The molecule has 4 heterocycles. The average Bonchev–Trinajstić information content (AvgIpc) is 3.42. The number of thiophene rings is 4. The summed E-state index contributed by atoms with van der Waals surface area (Å²) in [6.07, 6.45) is 0. The molecule has 4 rings (SSSR count). The van der Waals surface area contributed by atoms with E-state index in [2.05, 4.69) is 67.1 Å². The largest absolute Gasteiger partial charge is 0.143 e. The lowest BCUT2D eigenvalue weighted by atomic mass is 10.3. The van der Waals surface area contributed by atoms with Crippen LogP contribution in [0.3, 0.4) is 0 Å². The maximum Gasteiger partial charge on any atom is 0.0449 e. The summed E-state index contributed by atoms with van der Waals surface area (Å²) in [4.78, 5) is 10.2. The van der Waals surface area contributed by atoms with E-state index in [0.29, 0.717) is 0 Å². The highest BCUT2D eigenvalue weighted by atomic mass is 32.2. The van der Waals surface area contributed by atoms with Crippen molar-refractivity contribution in [1.29, 1.82) is 0 Å². The quantitative estimate of drug-likeness (QED) is 0.304. The van der Waals surface area contributed by atoms with Crippen molar-refractivity contribution >= 4 is 62.0 Å². The van der Waals surface area contributed by atoms with Crippen molar-refractivity contribution in [1.82, 2.24) is 0 Å². The minimum Gasteiger partial charge on any atom is -0.143 e. The Kier molecular flexibility index (Phi) is 5.10. The third kappa shape index (κ3) is 3.61. The van der Waals surface area contributed by atoms with Crippen molar-refractivity contribution in [2.24, 2.45) is 0 Å². The van der Waals surface area contributed by atoms with Gasteiger partial charge in [-0.25, -0.2) is 0 Å². The molecule has 0 aliphatic heterocycles. The maximum atomic E-state index is 4.11. The molecular formula is C20H14S5. The predicted molar refractivity (Wildman–Crippen MR) is 121 cm³/mol. The molecule has 0 nitrogen and oxygen atoms in total. The Bertz CT molecular complexity index is 1010. The standard InChI is InChI=1S/C20H14S5/c1-3-21-13(2)14-6-7-17(23-14)18-10-11-20(25-18)19-9-8-16(24-19)15-5-4-12-22-15/h3-12H,1-2H2. The molecule has 124 valence electrons. The van der Waals surface area contributed by atoms with Crippen molar-refractivity contribution in [3.8, 4) is 29.3 Å². The van der Waals surface area contributed by atoms with Crippen LogP contribution in [-0.4, -0.2) is 0 Å². The first-order valence-corrected chi connectivity index (χ1v) is 11.8. The number of hydrogen-bond donors (Lipinski definition) is 0. The molecule has 5 heteroatoms. The van der Waals surface area contributed by atoms with E-state index in [-0.39, 0.29) is 0 Å². The van der Waals surface area contributed by atoms with E-state index in [1.807, 2.05) is 28.1 Å². The van der Waals surface area contributed by atoms with Crippen LogP contribution in [-0.2, 0) is 0 Å². The zero-order valence-electron chi connectivity index (χ0n) is 13.2. The molecule has 4 aromatic rings. The van der Waals surface area contributed by atoms with Crippen LogP contribution in [0.5, 0.6) is 0 Å². The Balaban J connectivity index is 1.58. The summed E-state index contributed by atoms with van der Waals surface area (Å²) in [5, 5.41) is 3.96. The van der Waals surface area contributed by atoms with Crippen LogP contribution >= 0.6 is 57.1 Å². The Labute approximate surface area is 167 Å². The highest BCUT2D eigenvalue weighted by molar-refractivity contribution is 8.11. The maximum absolute atomic E-state index is 4.11. The topological polar surface area (TPSA) is 0 Å². The van der Waals surface area contributed by atoms with Gasteiger partial charge in [0.25, 0.3) is 0 Å². The van der Waals surface area contributed by atoms with E-state index in [1.54, 1.807) is 34.4 Å². The number of thioether (sulfide) groups is 1. The first kappa shape index (κ1) is 17.1. The predicted octanol–water partition coefficient (Wildman–Crippen LogP) is 8.78. The summed E-state index contributed by atoms with van der Waals surface area (Å²) in [5.74, 6) is 0. The molecule has 0 saturated carbocycles. The fraction of sp³-hybridized carbons (Fsp3) is 0. The molecule has 0 saturated heterocycles. The molecule has 25 heavy (non-hydrogen) atoms. The van der Waals surface area contributed by atoms with Gasteiger partial charge in [0.15, 0.2) is 0 Å². The van der Waals surface area contributed by atoms with Gasteiger partial charge in [0.05, 0.1) is 0 Å². The van der Waals surface area contributed by atoms with Crippen molar-refractivity contribution in [3.63, 3.8) is 0 Å². The zero-order chi connectivity index (χ0) is 17.2. The summed E-state index contributed by atoms with van der Waals surface area (Å²) in [6.45, 7) is 7.87. The SMILES string of the molecule is C=CSC(=C)c1ccc(-c2ccc(-c3ccc(-c4cccs4)s3)s2)s1. The fourth-order valence-corrected chi connectivity index (χ4v) is 6.96. The molecule has 0 aliphatic carbocycles. The van der Waals surface area contributed by atoms with Gasteiger partial charge in [0.1, 0.15) is 0 Å². The lowest BCUT2D eigenvalue weighted by molar-refractivity contribution is 1.89. The highest BCUT2D eigenvalue weighted by Gasteiger charge is 2.11. The van der Waals surface area contributed by atoms with Gasteiger partial charge >= 0.3 is 0 Å². The minimum atomic E-state index is 1.06. The van der Waals surface area contributed by atoms with E-state index in [0.717, 1.165) is 4.91 Å². The van der Waals surface area contributed by atoms with Crippen LogP contribution in [0.2, 0.25) is 0 Å². The van der Waals surface area contributed by atoms with Crippen LogP contribution in [0.1, 0.15) is 4.88 Å². The second-order valence-electron chi connectivity index (χ2n) is 5.18. The molecular weight excluding hydrogens is 401 g/mol. The molecule has 0 aromatic carbocycles. The van der Waals surface area contributed by atoms with E-state index < -0.39 is 0 Å². The number of rotatable bonds is 6. The van der Waals surface area contributed by atoms with Gasteiger partial charge in [-0.15, -0.1) is 45.3 Å². The number of hydrogen-bond acceptors (Lipinski definition) is 5. The summed E-state index contributed by atoms with van der Waals surface area (Å²) in [7, 11) is 0. The molecule has 0 unspecified atom stereocenters. The van der Waals surface area contributed by atoms with Gasteiger partial charge in [0.2, 0.25) is 0 Å². The summed E-state index contributed by atoms with van der Waals surface area (Å²) < 4.78 is 0. The Morgan fingerprint density at radius 2 is 1.32 bits per heavy atom. The van der Waals surface area contributed by atoms with Crippen LogP contribution in [0, 0.1) is 0 Å². The second-order valence-corrected chi connectivity index (χ2v) is 10.4. The molecule has 0 radical (unpaired) electrons. The van der Waals surface area contributed by atoms with Gasteiger partial charge in [-0.05, 0) is 53.3 Å². The summed E-state index contributed by atoms with van der Waals surface area (Å²) >= 11 is 8.89. The van der Waals surface area contributed by atoms with E-state index in [4.69, 9.17) is 0 Å². The normalized spacial score (nSPS) is 10.9. The van der Waals surface area contributed by atoms with Gasteiger partial charge in [0, 0.05) is 39.0 Å². The van der Waals surface area contributed by atoms with Gasteiger partial charge in [-0.1, -0.05) is 31.0 Å². The molecule has 0 N–H and O–H groups in total. The van der Waals surface area contributed by atoms with Crippen molar-refractivity contribution in [2.45, 2.75) is 0 Å². The molecule has 0 amide bonds. The lowest BCUT2D eigenvalue weighted by Gasteiger charge is -1.96. The van der Waals surface area contributed by atoms with E-state index >= 15 is 0 Å². The highest BCUT2D eigenvalue weighted by Crippen LogP contribution is 2.43. The monoisotopic (exact) mass is 414 g/mol. The summed E-state index contributed by atoms with van der Waals surface area (Å²) in [6, 6.07) is 17.5. The first-order chi connectivity index (χ1) is 12.2. The zero-order valence-corrected chi connectivity index (χ0v) is 17.3. The molecule has 0 fully saturated rings. The Morgan fingerprint density at radius 1 is 0.760 bits per heavy atom. The molecule has 4 aromatic heterocycles. The van der Waals surface area contributed by atoms with Crippen LogP contribution in [0.15, 0.2) is 72.5 Å². The van der Waals surface area contributed by atoms with Crippen molar-refractivity contribution in [3.05, 3.63) is 77.4 Å². The lowest BCUT2D eigenvalue weighted by Crippen LogP contribution is -1.64. The Hall–Kier alpha value is -1.37. The first-order valence-electron chi connectivity index (χ1n) is 7.55. The minimum absolute atomic E-state index is 1.06. The van der Waals surface area contributed by atoms with Gasteiger partial charge < -0.3 is 0 Å². The Morgan fingerprint density at radius 3 is 1.88 bits per heavy atom. The third-order valence-electron chi connectivity index (χ3n) is 3.57. The van der Waals surface area contributed by atoms with Crippen molar-refractivity contribution < 1.29 is 0 Å². The van der Waals surface area contributed by atoms with E-state index in [1.165, 1.54) is 34.1 Å².